The first-order chi connectivity index (χ1) is 16.0. The Labute approximate surface area is 193 Å². The van der Waals surface area contributed by atoms with E-state index in [9.17, 15) is 14.7 Å². The molecule has 1 aliphatic carbocycles. The van der Waals surface area contributed by atoms with Crippen LogP contribution in [0.3, 0.4) is 0 Å². The minimum atomic E-state index is -0.832. The molecule has 2 aromatic carbocycles. The highest BCUT2D eigenvalue weighted by molar-refractivity contribution is 6.02. The van der Waals surface area contributed by atoms with Crippen molar-refractivity contribution in [3.05, 3.63) is 64.6 Å². The summed E-state index contributed by atoms with van der Waals surface area (Å²) in [6.45, 7) is 0. The molecule has 0 radical (unpaired) electrons. The number of aliphatic hydroxyl groups is 1. The number of aromatic nitrogens is 1. The number of rotatable bonds is 7. The summed E-state index contributed by atoms with van der Waals surface area (Å²) in [5.74, 6) is 1.10. The summed E-state index contributed by atoms with van der Waals surface area (Å²) in [5, 5.41) is 14.8. The Kier molecular flexibility index (Phi) is 6.99. The number of carbonyl (C=O) groups excluding carboxylic acids is 1. The molecule has 0 aliphatic heterocycles. The molecule has 1 aliphatic rings. The minimum Gasteiger partial charge on any atom is -0.497 e. The molecule has 1 heterocycles. The average molecular weight is 451 g/mol. The summed E-state index contributed by atoms with van der Waals surface area (Å²) in [4.78, 5) is 26.0. The van der Waals surface area contributed by atoms with E-state index in [1.165, 1.54) is 11.0 Å². The van der Waals surface area contributed by atoms with E-state index in [4.69, 9.17) is 9.47 Å². The molecule has 0 bridgehead atoms. The van der Waals surface area contributed by atoms with Gasteiger partial charge in [0.15, 0.2) is 0 Å². The van der Waals surface area contributed by atoms with E-state index in [1.807, 2.05) is 0 Å². The van der Waals surface area contributed by atoms with E-state index in [2.05, 4.69) is 5.32 Å². The van der Waals surface area contributed by atoms with Crippen LogP contribution < -0.4 is 20.3 Å². The molecular formula is C26H30N2O5. The van der Waals surface area contributed by atoms with Crippen molar-refractivity contribution in [1.82, 2.24) is 4.57 Å². The first-order valence-electron chi connectivity index (χ1n) is 11.3. The highest BCUT2D eigenvalue weighted by atomic mass is 16.5. The van der Waals surface area contributed by atoms with E-state index in [-0.39, 0.29) is 23.8 Å². The van der Waals surface area contributed by atoms with Crippen LogP contribution in [0.5, 0.6) is 11.5 Å². The molecule has 7 heteroatoms. The number of benzene rings is 2. The lowest BCUT2D eigenvalue weighted by atomic mass is 9.88. The van der Waals surface area contributed by atoms with Gasteiger partial charge in [-0.1, -0.05) is 25.3 Å². The fraction of sp³-hybridized carbons (Fsp3) is 0.385. The number of methoxy groups -OCH3 is 2. The molecule has 0 spiro atoms. The first-order valence-corrected chi connectivity index (χ1v) is 11.3. The molecule has 1 aromatic heterocycles. The summed E-state index contributed by atoms with van der Waals surface area (Å²) in [6.07, 6.45) is 6.09. The molecule has 3 aromatic rings. The van der Waals surface area contributed by atoms with Gasteiger partial charge in [-0.25, -0.2) is 0 Å². The number of nitrogens with one attached hydrogen (secondary N) is 1. The summed E-state index contributed by atoms with van der Waals surface area (Å²) < 4.78 is 12.0. The van der Waals surface area contributed by atoms with E-state index >= 15 is 0 Å². The number of pyridine rings is 1. The number of hydrogen-bond acceptors (Lipinski definition) is 5. The van der Waals surface area contributed by atoms with Crippen molar-refractivity contribution >= 4 is 22.4 Å². The first kappa shape index (κ1) is 22.9. The number of carbonyl (C=O) groups is 1. The highest BCUT2D eigenvalue weighted by Crippen LogP contribution is 2.31. The van der Waals surface area contributed by atoms with Gasteiger partial charge in [0, 0.05) is 34.1 Å². The van der Waals surface area contributed by atoms with Crippen LogP contribution in [-0.2, 0) is 11.2 Å². The Morgan fingerprint density at radius 3 is 2.61 bits per heavy atom. The number of fused-ring (bicyclic) bond motifs is 1. The maximum Gasteiger partial charge on any atom is 0.260 e. The summed E-state index contributed by atoms with van der Waals surface area (Å²) in [6, 6.07) is 12.3. The maximum atomic E-state index is 13.2. The number of hydrogen-bond donors (Lipinski definition) is 2. The third-order valence-electron chi connectivity index (χ3n) is 6.44. The number of amides is 1. The van der Waals surface area contributed by atoms with Gasteiger partial charge in [0.2, 0.25) is 5.91 Å². The summed E-state index contributed by atoms with van der Waals surface area (Å²) >= 11 is 0. The van der Waals surface area contributed by atoms with Crippen molar-refractivity contribution in [2.24, 2.45) is 5.92 Å². The molecule has 1 atom stereocenters. The monoisotopic (exact) mass is 450 g/mol. The number of ether oxygens (including phenoxy) is 2. The summed E-state index contributed by atoms with van der Waals surface area (Å²) in [5.41, 5.74) is 0.999. The molecular weight excluding hydrogens is 420 g/mol. The van der Waals surface area contributed by atoms with Crippen LogP contribution in [0, 0.1) is 5.92 Å². The Morgan fingerprint density at radius 2 is 1.88 bits per heavy atom. The molecule has 7 nitrogen and oxygen atoms in total. The molecule has 1 saturated carbocycles. The fourth-order valence-electron chi connectivity index (χ4n) is 4.66. The highest BCUT2D eigenvalue weighted by Gasteiger charge is 2.24. The second-order valence-electron chi connectivity index (χ2n) is 8.51. The standard InChI is InChI=1S/C26H30N2O5/c1-32-19-11-12-23(33-2)18(15-19)16-24(29)27-22-10-6-9-21-20(22)13-14-28(26(21)31)25(30)17-7-4-3-5-8-17/h6,9-15,17,25,30H,3-5,7-8,16H2,1-2H3,(H,27,29). The lowest BCUT2D eigenvalue weighted by molar-refractivity contribution is -0.115. The van der Waals surface area contributed by atoms with Gasteiger partial charge in [-0.3, -0.25) is 14.2 Å². The second-order valence-corrected chi connectivity index (χ2v) is 8.51. The van der Waals surface area contributed by atoms with Gasteiger partial charge in [-0.2, -0.15) is 0 Å². The van der Waals surface area contributed by atoms with Crippen molar-refractivity contribution in [2.45, 2.75) is 44.8 Å². The third kappa shape index (κ3) is 4.88. The van der Waals surface area contributed by atoms with E-state index in [0.29, 0.717) is 33.5 Å². The van der Waals surface area contributed by atoms with Crippen LogP contribution in [0.15, 0.2) is 53.5 Å². The average Bonchev–Trinajstić information content (AvgIpc) is 2.84. The maximum absolute atomic E-state index is 13.2. The lowest BCUT2D eigenvalue weighted by Gasteiger charge is -2.28. The second kappa shape index (κ2) is 10.1. The fourth-order valence-corrected chi connectivity index (χ4v) is 4.66. The Hall–Kier alpha value is -3.32. The van der Waals surface area contributed by atoms with E-state index in [1.54, 1.807) is 62.9 Å². The zero-order valence-corrected chi connectivity index (χ0v) is 19.0. The van der Waals surface area contributed by atoms with Gasteiger partial charge in [-0.15, -0.1) is 0 Å². The Bertz CT molecular complexity index is 1200. The number of aliphatic hydroxyl groups excluding tert-OH is 1. The zero-order chi connectivity index (χ0) is 23.4. The molecule has 0 saturated heterocycles. The van der Waals surface area contributed by atoms with Crippen LogP contribution >= 0.6 is 0 Å². The Balaban J connectivity index is 1.58. The predicted octanol–water partition coefficient (Wildman–Crippen LogP) is 4.27. The van der Waals surface area contributed by atoms with Crippen molar-refractivity contribution in [3.63, 3.8) is 0 Å². The van der Waals surface area contributed by atoms with Gasteiger partial charge in [0.05, 0.1) is 20.6 Å². The number of nitrogens with zero attached hydrogens (tertiary/aromatic N) is 1. The molecule has 4 rings (SSSR count). The van der Waals surface area contributed by atoms with Crippen LogP contribution in [-0.4, -0.2) is 29.8 Å². The van der Waals surface area contributed by atoms with Crippen LogP contribution in [0.25, 0.3) is 10.8 Å². The molecule has 33 heavy (non-hydrogen) atoms. The normalized spacial score (nSPS) is 15.2. The topological polar surface area (TPSA) is 89.8 Å². The SMILES string of the molecule is COc1ccc(OC)c(CC(=O)Nc2cccc3c(=O)n(C(O)C4CCCCC4)ccc23)c1. The predicted molar refractivity (Wildman–Crippen MR) is 128 cm³/mol. The van der Waals surface area contributed by atoms with Crippen LogP contribution in [0.4, 0.5) is 5.69 Å². The van der Waals surface area contributed by atoms with Crippen molar-refractivity contribution in [1.29, 1.82) is 0 Å². The van der Waals surface area contributed by atoms with E-state index < -0.39 is 6.23 Å². The molecule has 1 unspecified atom stereocenters. The van der Waals surface area contributed by atoms with E-state index in [0.717, 1.165) is 25.7 Å². The summed E-state index contributed by atoms with van der Waals surface area (Å²) in [7, 11) is 3.13. The smallest absolute Gasteiger partial charge is 0.260 e. The molecule has 174 valence electrons. The van der Waals surface area contributed by atoms with Gasteiger partial charge < -0.3 is 19.9 Å². The van der Waals surface area contributed by atoms with Gasteiger partial charge in [0.25, 0.3) is 5.56 Å². The van der Waals surface area contributed by atoms with Crippen molar-refractivity contribution in [3.8, 4) is 11.5 Å². The third-order valence-corrected chi connectivity index (χ3v) is 6.44. The van der Waals surface area contributed by atoms with Gasteiger partial charge in [0.1, 0.15) is 17.7 Å². The Morgan fingerprint density at radius 1 is 1.09 bits per heavy atom. The minimum absolute atomic E-state index is 0.0915. The number of anilines is 1. The molecule has 2 N–H and O–H groups in total. The van der Waals surface area contributed by atoms with Crippen molar-refractivity contribution < 1.29 is 19.4 Å². The zero-order valence-electron chi connectivity index (χ0n) is 19.0. The van der Waals surface area contributed by atoms with Gasteiger partial charge in [-0.05, 0) is 49.2 Å². The lowest BCUT2D eigenvalue weighted by Crippen LogP contribution is -2.30. The quantitative estimate of drug-likeness (QED) is 0.561. The van der Waals surface area contributed by atoms with Gasteiger partial charge >= 0.3 is 0 Å². The van der Waals surface area contributed by atoms with Crippen LogP contribution in [0.1, 0.15) is 43.9 Å². The largest absolute Gasteiger partial charge is 0.497 e. The molecule has 1 amide bonds. The molecule has 1 fully saturated rings. The van der Waals surface area contributed by atoms with Crippen molar-refractivity contribution in [2.75, 3.05) is 19.5 Å². The van der Waals surface area contributed by atoms with Crippen LogP contribution in [0.2, 0.25) is 0 Å².